The van der Waals surface area contributed by atoms with E-state index in [0.717, 1.165) is 60.1 Å². The third-order valence-corrected chi connectivity index (χ3v) is 7.92. The summed E-state index contributed by atoms with van der Waals surface area (Å²) in [7, 11) is 2.10. The SMILES string of the molecule is Cc1cc2ccccc2n1-c1ccc(C(=O)N2CCC(C(=O)N3CCN(C)CC3)CC2)s1. The molecule has 2 amide bonds. The number of carbonyl (C=O) groups is 2. The number of carbonyl (C=O) groups excluding carboxylic acids is 2. The molecule has 0 saturated carbocycles. The summed E-state index contributed by atoms with van der Waals surface area (Å²) in [5.74, 6) is 0.412. The highest BCUT2D eigenvalue weighted by atomic mass is 32.1. The Balaban J connectivity index is 1.24. The summed E-state index contributed by atoms with van der Waals surface area (Å²) in [6.07, 6.45) is 1.52. The van der Waals surface area contributed by atoms with Gasteiger partial charge in [-0.15, -0.1) is 11.3 Å². The number of likely N-dealkylation sites (tertiary alicyclic amines) is 1. The molecule has 0 aliphatic carbocycles. The largest absolute Gasteiger partial charge is 0.340 e. The zero-order chi connectivity index (χ0) is 22.2. The fourth-order valence-corrected chi connectivity index (χ4v) is 5.97. The maximum Gasteiger partial charge on any atom is 0.263 e. The van der Waals surface area contributed by atoms with E-state index in [9.17, 15) is 9.59 Å². The number of nitrogens with zero attached hydrogens (tertiary/aromatic N) is 4. The first-order valence-electron chi connectivity index (χ1n) is 11.4. The summed E-state index contributed by atoms with van der Waals surface area (Å²) in [5, 5.41) is 2.27. The Hall–Kier alpha value is -2.64. The molecule has 7 heteroatoms. The Labute approximate surface area is 193 Å². The highest BCUT2D eigenvalue weighted by Gasteiger charge is 2.32. The van der Waals surface area contributed by atoms with Crippen LogP contribution in [0.15, 0.2) is 42.5 Å². The predicted octanol–water partition coefficient (Wildman–Crippen LogP) is 3.63. The Bertz CT molecular complexity index is 1130. The summed E-state index contributed by atoms with van der Waals surface area (Å²) in [6.45, 7) is 6.94. The van der Waals surface area contributed by atoms with Crippen LogP contribution in [0.1, 0.15) is 28.2 Å². The second-order valence-electron chi connectivity index (χ2n) is 9.01. The van der Waals surface area contributed by atoms with Crippen LogP contribution in [-0.4, -0.2) is 77.4 Å². The highest BCUT2D eigenvalue weighted by Crippen LogP contribution is 2.30. The molecular weight excluding hydrogens is 420 g/mol. The van der Waals surface area contributed by atoms with Crippen molar-refractivity contribution in [1.82, 2.24) is 19.3 Å². The standard InChI is InChI=1S/C25H30N4O2S/c1-18-17-20-5-3-4-6-21(20)29(18)23-8-7-22(32-23)25(31)27-11-9-19(10-12-27)24(30)28-15-13-26(2)14-16-28/h3-8,17,19H,9-16H2,1-2H3. The fraction of sp³-hybridized carbons (Fsp3) is 0.440. The predicted molar refractivity (Wildman–Crippen MR) is 129 cm³/mol. The number of amides is 2. The van der Waals surface area contributed by atoms with Gasteiger partial charge in [0.15, 0.2) is 0 Å². The highest BCUT2D eigenvalue weighted by molar-refractivity contribution is 7.16. The fourth-order valence-electron chi connectivity index (χ4n) is 4.92. The average Bonchev–Trinajstić information content (AvgIpc) is 3.42. The topological polar surface area (TPSA) is 48.8 Å². The zero-order valence-corrected chi connectivity index (χ0v) is 19.6. The van der Waals surface area contributed by atoms with Crippen LogP contribution in [0.2, 0.25) is 0 Å². The Morgan fingerprint density at radius 2 is 1.62 bits per heavy atom. The van der Waals surface area contributed by atoms with E-state index in [2.05, 4.69) is 41.6 Å². The molecule has 4 heterocycles. The Kier molecular flexibility index (Phi) is 5.78. The number of benzene rings is 1. The van der Waals surface area contributed by atoms with Crippen LogP contribution in [0.5, 0.6) is 0 Å². The second-order valence-corrected chi connectivity index (χ2v) is 10.1. The normalized spacial score (nSPS) is 18.4. The van der Waals surface area contributed by atoms with Gasteiger partial charge in [-0.25, -0.2) is 0 Å². The van der Waals surface area contributed by atoms with Gasteiger partial charge in [-0.1, -0.05) is 18.2 Å². The minimum Gasteiger partial charge on any atom is -0.340 e. The summed E-state index contributed by atoms with van der Waals surface area (Å²) >= 11 is 1.54. The van der Waals surface area contributed by atoms with Gasteiger partial charge in [0.2, 0.25) is 5.91 Å². The summed E-state index contributed by atoms with van der Waals surface area (Å²) in [4.78, 5) is 33.0. The van der Waals surface area contributed by atoms with Gasteiger partial charge < -0.3 is 19.3 Å². The number of rotatable bonds is 3. The van der Waals surface area contributed by atoms with E-state index in [1.807, 2.05) is 34.1 Å². The number of hydrogen-bond acceptors (Lipinski definition) is 4. The van der Waals surface area contributed by atoms with Crippen molar-refractivity contribution in [2.24, 2.45) is 5.92 Å². The summed E-state index contributed by atoms with van der Waals surface area (Å²) < 4.78 is 2.22. The molecule has 3 aromatic rings. The molecule has 0 spiro atoms. The molecule has 2 saturated heterocycles. The number of hydrogen-bond donors (Lipinski definition) is 0. The van der Waals surface area contributed by atoms with E-state index in [0.29, 0.717) is 13.1 Å². The maximum absolute atomic E-state index is 13.2. The molecule has 2 fully saturated rings. The van der Waals surface area contributed by atoms with E-state index in [1.165, 1.54) is 5.39 Å². The Morgan fingerprint density at radius 3 is 2.38 bits per heavy atom. The molecule has 0 radical (unpaired) electrons. The lowest BCUT2D eigenvalue weighted by molar-refractivity contribution is -0.138. The van der Waals surface area contributed by atoms with Gasteiger partial charge in [0, 0.05) is 56.3 Å². The van der Waals surface area contributed by atoms with Crippen molar-refractivity contribution in [2.75, 3.05) is 46.3 Å². The summed E-state index contributed by atoms with van der Waals surface area (Å²) in [5.41, 5.74) is 2.32. The smallest absolute Gasteiger partial charge is 0.263 e. The number of aryl methyl sites for hydroxylation is 1. The van der Waals surface area contributed by atoms with Gasteiger partial charge in [0.1, 0.15) is 5.00 Å². The van der Waals surface area contributed by atoms with Crippen molar-refractivity contribution < 1.29 is 9.59 Å². The second kappa shape index (κ2) is 8.71. The lowest BCUT2D eigenvalue weighted by Gasteiger charge is -2.37. The minimum absolute atomic E-state index is 0.0511. The zero-order valence-electron chi connectivity index (χ0n) is 18.8. The van der Waals surface area contributed by atoms with Gasteiger partial charge in [0.25, 0.3) is 5.91 Å². The van der Waals surface area contributed by atoms with Crippen molar-refractivity contribution in [2.45, 2.75) is 19.8 Å². The molecule has 0 bridgehead atoms. The van der Waals surface area contributed by atoms with Gasteiger partial charge in [-0.05, 0) is 51.1 Å². The number of para-hydroxylation sites is 1. The lowest BCUT2D eigenvalue weighted by atomic mass is 9.95. The molecule has 0 atom stereocenters. The van der Waals surface area contributed by atoms with Crippen LogP contribution in [-0.2, 0) is 4.79 Å². The van der Waals surface area contributed by atoms with Crippen LogP contribution >= 0.6 is 11.3 Å². The monoisotopic (exact) mass is 450 g/mol. The maximum atomic E-state index is 13.2. The van der Waals surface area contributed by atoms with Crippen LogP contribution in [0.3, 0.4) is 0 Å². The third-order valence-electron chi connectivity index (χ3n) is 6.86. The lowest BCUT2D eigenvalue weighted by Crippen LogP contribution is -2.50. The number of piperazine rings is 1. The summed E-state index contributed by atoms with van der Waals surface area (Å²) in [6, 6.07) is 14.5. The Morgan fingerprint density at radius 1 is 0.906 bits per heavy atom. The molecular formula is C25H30N4O2S. The first-order valence-corrected chi connectivity index (χ1v) is 12.3. The minimum atomic E-state index is 0.0511. The van der Waals surface area contributed by atoms with Crippen molar-refractivity contribution in [1.29, 1.82) is 0 Å². The molecule has 2 aliphatic heterocycles. The van der Waals surface area contributed by atoms with Crippen LogP contribution in [0, 0.1) is 12.8 Å². The van der Waals surface area contributed by atoms with Crippen LogP contribution in [0.4, 0.5) is 0 Å². The number of likely N-dealkylation sites (N-methyl/N-ethyl adjacent to an activating group) is 1. The molecule has 1 aromatic carbocycles. The van der Waals surface area contributed by atoms with Gasteiger partial charge in [0.05, 0.1) is 10.4 Å². The molecule has 2 aromatic heterocycles. The van der Waals surface area contributed by atoms with Gasteiger partial charge >= 0.3 is 0 Å². The quantitative estimate of drug-likeness (QED) is 0.612. The molecule has 5 rings (SSSR count). The molecule has 2 aliphatic rings. The molecule has 32 heavy (non-hydrogen) atoms. The van der Waals surface area contributed by atoms with Crippen LogP contribution < -0.4 is 0 Å². The first-order chi connectivity index (χ1) is 15.5. The van der Waals surface area contributed by atoms with E-state index < -0.39 is 0 Å². The van der Waals surface area contributed by atoms with Gasteiger partial charge in [-0.3, -0.25) is 9.59 Å². The molecule has 0 N–H and O–H groups in total. The number of fused-ring (bicyclic) bond motifs is 1. The van der Waals surface area contributed by atoms with Crippen molar-refractivity contribution >= 4 is 34.1 Å². The van der Waals surface area contributed by atoms with E-state index >= 15 is 0 Å². The van der Waals surface area contributed by atoms with Crippen molar-refractivity contribution in [3.05, 3.63) is 53.0 Å². The molecule has 0 unspecified atom stereocenters. The number of piperidine rings is 1. The average molecular weight is 451 g/mol. The third kappa shape index (κ3) is 3.95. The first kappa shape index (κ1) is 21.2. The van der Waals surface area contributed by atoms with E-state index in [4.69, 9.17) is 0 Å². The van der Waals surface area contributed by atoms with Crippen molar-refractivity contribution in [3.63, 3.8) is 0 Å². The van der Waals surface area contributed by atoms with Crippen LogP contribution in [0.25, 0.3) is 15.9 Å². The van der Waals surface area contributed by atoms with Crippen molar-refractivity contribution in [3.8, 4) is 5.00 Å². The molecule has 168 valence electrons. The molecule has 6 nitrogen and oxygen atoms in total. The van der Waals surface area contributed by atoms with E-state index in [-0.39, 0.29) is 17.7 Å². The van der Waals surface area contributed by atoms with E-state index in [1.54, 1.807) is 11.3 Å². The number of aromatic nitrogens is 1. The number of thiophene rings is 1. The van der Waals surface area contributed by atoms with Gasteiger partial charge in [-0.2, -0.15) is 0 Å².